The monoisotopic (exact) mass is 514 g/mol. The van der Waals surface area contributed by atoms with E-state index in [9.17, 15) is 0 Å². The molecule has 4 aromatic heterocycles. The summed E-state index contributed by atoms with van der Waals surface area (Å²) in [5, 5.41) is 6.94. The van der Waals surface area contributed by atoms with Gasteiger partial charge in [0.15, 0.2) is 5.82 Å². The van der Waals surface area contributed by atoms with Crippen LogP contribution < -0.4 is 10.6 Å². The minimum absolute atomic E-state index is 0. The van der Waals surface area contributed by atoms with Gasteiger partial charge in [0.25, 0.3) is 0 Å². The van der Waals surface area contributed by atoms with E-state index in [-0.39, 0.29) is 12.4 Å². The van der Waals surface area contributed by atoms with Crippen molar-refractivity contribution in [2.75, 3.05) is 13.1 Å². The molecule has 6 heterocycles. The van der Waals surface area contributed by atoms with Gasteiger partial charge in [0.05, 0.1) is 53.1 Å². The first-order valence-electron chi connectivity index (χ1n) is 12.5. The number of fused-ring (bicyclic) bond motifs is 1. The van der Waals surface area contributed by atoms with Gasteiger partial charge in [-0.3, -0.25) is 4.98 Å². The number of benzene rings is 1. The predicted molar refractivity (Wildman–Crippen MR) is 143 cm³/mol. The Morgan fingerprint density at radius 1 is 0.649 bits per heavy atom. The first-order valence-corrected chi connectivity index (χ1v) is 12.5. The molecule has 0 amide bonds. The standard InChI is InChI=1S/C26H26N10.ClH/c1-3-18(27-7-1)25-32-12-21(35-25)15-5-6-17-20(9-15)29-14-23(34-17)24-30-10-16(11-31-24)22-13-33-26(36-22)19-4-2-8-28-19;/h5-6,9-14,18-19,27-28H,1-4,7-8H2,(H,32,35)(H,33,36);1H/t18-,19-;/m0./s1. The van der Waals surface area contributed by atoms with Crippen molar-refractivity contribution in [3.63, 3.8) is 0 Å². The van der Waals surface area contributed by atoms with Gasteiger partial charge in [0.1, 0.15) is 17.3 Å². The van der Waals surface area contributed by atoms with Crippen LogP contribution in [0, 0.1) is 0 Å². The summed E-state index contributed by atoms with van der Waals surface area (Å²) in [6.07, 6.45) is 13.6. The average molecular weight is 515 g/mol. The molecule has 0 aliphatic carbocycles. The van der Waals surface area contributed by atoms with Crippen LogP contribution in [0.4, 0.5) is 0 Å². The summed E-state index contributed by atoms with van der Waals surface area (Å²) in [5.74, 6) is 2.50. The molecule has 11 heteroatoms. The van der Waals surface area contributed by atoms with Gasteiger partial charge in [-0.25, -0.2) is 24.9 Å². The van der Waals surface area contributed by atoms with Crippen molar-refractivity contribution in [2.45, 2.75) is 37.8 Å². The molecule has 1 aromatic carbocycles. The molecule has 5 aromatic rings. The first kappa shape index (κ1) is 23.7. The summed E-state index contributed by atoms with van der Waals surface area (Å²) in [5.41, 5.74) is 6.06. The third-order valence-corrected chi connectivity index (χ3v) is 7.02. The van der Waals surface area contributed by atoms with Crippen LogP contribution in [0.25, 0.3) is 45.1 Å². The molecule has 2 saturated heterocycles. The van der Waals surface area contributed by atoms with Gasteiger partial charge >= 0.3 is 0 Å². The molecule has 188 valence electrons. The molecule has 0 bridgehead atoms. The number of nitrogens with zero attached hydrogens (tertiary/aromatic N) is 6. The van der Waals surface area contributed by atoms with E-state index in [0.29, 0.717) is 23.6 Å². The maximum Gasteiger partial charge on any atom is 0.179 e. The zero-order valence-corrected chi connectivity index (χ0v) is 20.9. The molecule has 0 radical (unpaired) electrons. The molecule has 2 atom stereocenters. The highest BCUT2D eigenvalue weighted by atomic mass is 35.5. The Labute approximate surface area is 219 Å². The highest BCUT2D eigenvalue weighted by Gasteiger charge is 2.20. The van der Waals surface area contributed by atoms with Crippen molar-refractivity contribution in [1.82, 2.24) is 50.5 Å². The second kappa shape index (κ2) is 9.97. The smallest absolute Gasteiger partial charge is 0.179 e. The van der Waals surface area contributed by atoms with E-state index in [1.54, 1.807) is 18.6 Å². The number of hydrogen-bond acceptors (Lipinski definition) is 8. The van der Waals surface area contributed by atoms with Gasteiger partial charge < -0.3 is 20.6 Å². The maximum atomic E-state index is 4.76. The van der Waals surface area contributed by atoms with Crippen LogP contribution in [0.5, 0.6) is 0 Å². The molecule has 2 aliphatic rings. The number of aromatic amines is 2. The molecule has 2 aliphatic heterocycles. The van der Waals surface area contributed by atoms with Crippen molar-refractivity contribution in [3.8, 4) is 34.0 Å². The van der Waals surface area contributed by atoms with E-state index in [1.165, 1.54) is 12.8 Å². The summed E-state index contributed by atoms with van der Waals surface area (Å²) in [6, 6.07) is 6.66. The van der Waals surface area contributed by atoms with Crippen LogP contribution in [0.2, 0.25) is 0 Å². The van der Waals surface area contributed by atoms with E-state index in [2.05, 4.69) is 45.5 Å². The Balaban J connectivity index is 0.00000252. The fourth-order valence-corrected chi connectivity index (χ4v) is 5.04. The van der Waals surface area contributed by atoms with Crippen LogP contribution in [-0.4, -0.2) is 53.0 Å². The molecule has 4 N–H and O–H groups in total. The molecular weight excluding hydrogens is 488 g/mol. The fourth-order valence-electron chi connectivity index (χ4n) is 5.04. The van der Waals surface area contributed by atoms with Crippen molar-refractivity contribution < 1.29 is 0 Å². The minimum Gasteiger partial charge on any atom is -0.341 e. The summed E-state index contributed by atoms with van der Waals surface area (Å²) in [7, 11) is 0. The van der Waals surface area contributed by atoms with Crippen molar-refractivity contribution in [1.29, 1.82) is 0 Å². The lowest BCUT2D eigenvalue weighted by atomic mass is 10.1. The van der Waals surface area contributed by atoms with E-state index >= 15 is 0 Å². The summed E-state index contributed by atoms with van der Waals surface area (Å²) in [4.78, 5) is 34.5. The lowest BCUT2D eigenvalue weighted by Crippen LogP contribution is -2.14. The molecule has 7 rings (SSSR count). The largest absolute Gasteiger partial charge is 0.341 e. The topological polar surface area (TPSA) is 133 Å². The second-order valence-electron chi connectivity index (χ2n) is 9.42. The second-order valence-corrected chi connectivity index (χ2v) is 9.42. The Hall–Kier alpha value is -3.73. The van der Waals surface area contributed by atoms with Crippen molar-refractivity contribution in [2.24, 2.45) is 0 Å². The van der Waals surface area contributed by atoms with Crippen LogP contribution in [0.1, 0.15) is 49.4 Å². The average Bonchev–Trinajstić information content (AvgIpc) is 3.75. The predicted octanol–water partition coefficient (Wildman–Crippen LogP) is 4.14. The van der Waals surface area contributed by atoms with E-state index in [0.717, 1.165) is 71.1 Å². The lowest BCUT2D eigenvalue weighted by Gasteiger charge is -2.06. The van der Waals surface area contributed by atoms with Crippen molar-refractivity contribution in [3.05, 3.63) is 60.8 Å². The SMILES string of the molecule is Cl.c1cc2nc(-c3ncc(-c4cnc([C@@H]5CCCN5)[nH]4)cn3)cnc2cc1-c1cnc([C@@H]2CCCN2)[nH]1. The lowest BCUT2D eigenvalue weighted by molar-refractivity contribution is 0.613. The molecule has 0 unspecified atom stereocenters. The molecule has 0 spiro atoms. The Morgan fingerprint density at radius 2 is 1.30 bits per heavy atom. The quantitative estimate of drug-likeness (QED) is 0.275. The van der Waals surface area contributed by atoms with Gasteiger partial charge in [0, 0.05) is 23.5 Å². The van der Waals surface area contributed by atoms with Crippen LogP contribution in [-0.2, 0) is 0 Å². The zero-order chi connectivity index (χ0) is 23.9. The minimum atomic E-state index is 0. The van der Waals surface area contributed by atoms with Gasteiger partial charge in [-0.05, 0) is 50.9 Å². The third-order valence-electron chi connectivity index (χ3n) is 7.02. The zero-order valence-electron chi connectivity index (χ0n) is 20.1. The van der Waals surface area contributed by atoms with Gasteiger partial charge in [-0.15, -0.1) is 12.4 Å². The number of aromatic nitrogens is 8. The van der Waals surface area contributed by atoms with Gasteiger partial charge in [0.2, 0.25) is 0 Å². The van der Waals surface area contributed by atoms with Crippen LogP contribution in [0.15, 0.2) is 49.2 Å². The van der Waals surface area contributed by atoms with E-state index in [1.807, 2.05) is 30.6 Å². The highest BCUT2D eigenvalue weighted by Crippen LogP contribution is 2.27. The normalized spacial score (nSPS) is 19.4. The van der Waals surface area contributed by atoms with Gasteiger partial charge in [-0.2, -0.15) is 0 Å². The maximum absolute atomic E-state index is 4.76. The summed E-state index contributed by atoms with van der Waals surface area (Å²) >= 11 is 0. The third kappa shape index (κ3) is 4.59. The Morgan fingerprint density at radius 3 is 1.92 bits per heavy atom. The van der Waals surface area contributed by atoms with Crippen LogP contribution in [0.3, 0.4) is 0 Å². The van der Waals surface area contributed by atoms with E-state index in [4.69, 9.17) is 4.98 Å². The molecular formula is C26H27ClN10. The van der Waals surface area contributed by atoms with Gasteiger partial charge in [-0.1, -0.05) is 6.07 Å². The molecule has 2 fully saturated rings. The highest BCUT2D eigenvalue weighted by molar-refractivity contribution is 5.85. The Bertz CT molecular complexity index is 1510. The number of halogens is 1. The number of imidazole rings is 2. The molecule has 37 heavy (non-hydrogen) atoms. The number of H-pyrrole nitrogens is 2. The first-order chi connectivity index (χ1) is 17.8. The fraction of sp³-hybridized carbons (Fsp3) is 0.308. The van der Waals surface area contributed by atoms with Crippen LogP contribution >= 0.6 is 12.4 Å². The summed E-state index contributed by atoms with van der Waals surface area (Å²) < 4.78 is 0. The molecule has 10 nitrogen and oxygen atoms in total. The van der Waals surface area contributed by atoms with E-state index < -0.39 is 0 Å². The molecule has 0 saturated carbocycles. The summed E-state index contributed by atoms with van der Waals surface area (Å²) in [6.45, 7) is 2.08. The number of nitrogens with one attached hydrogen (secondary N) is 4. The number of rotatable bonds is 5. The Kier molecular flexibility index (Phi) is 6.37. The number of hydrogen-bond donors (Lipinski definition) is 4. The van der Waals surface area contributed by atoms with Crippen molar-refractivity contribution >= 4 is 23.4 Å².